The number of alkyl halides is 1. The molecule has 103 heavy (non-hydrogen) atoms. The summed E-state index contributed by atoms with van der Waals surface area (Å²) in [6.45, 7) is 18.3. The van der Waals surface area contributed by atoms with Crippen LogP contribution in [-0.4, -0.2) is 280 Å². The summed E-state index contributed by atoms with van der Waals surface area (Å²) in [7, 11) is 8.60. The van der Waals surface area contributed by atoms with Gasteiger partial charge in [0.15, 0.2) is 0 Å². The van der Waals surface area contributed by atoms with Gasteiger partial charge in [-0.15, -0.1) is 11.6 Å². The van der Waals surface area contributed by atoms with Gasteiger partial charge in [-0.1, -0.05) is 107 Å². The van der Waals surface area contributed by atoms with E-state index in [0.717, 1.165) is 56.3 Å². The molecule has 28 heteroatoms. The van der Waals surface area contributed by atoms with Gasteiger partial charge in [0.05, 0.1) is 38.9 Å². The van der Waals surface area contributed by atoms with Gasteiger partial charge in [0.1, 0.15) is 60.4 Å². The lowest BCUT2D eigenvalue weighted by atomic mass is 9.83. The van der Waals surface area contributed by atoms with Gasteiger partial charge in [-0.25, -0.2) is 0 Å². The first-order valence-electron chi connectivity index (χ1n) is 38.3. The highest BCUT2D eigenvalue weighted by Crippen LogP contribution is 2.34. The summed E-state index contributed by atoms with van der Waals surface area (Å²) in [6.07, 6.45) is 9.31. The molecular formula is C75H131ClN12O15. The van der Waals surface area contributed by atoms with Crippen LogP contribution in [0.3, 0.4) is 0 Å². The Hall–Kier alpha value is -6.19. The Morgan fingerprint density at radius 1 is 0.524 bits per heavy atom. The van der Waals surface area contributed by atoms with Crippen LogP contribution in [-0.2, 0) is 62.3 Å². The second-order valence-corrected chi connectivity index (χ2v) is 32.2. The van der Waals surface area contributed by atoms with Gasteiger partial charge in [-0.05, 0) is 133 Å². The fourth-order valence-corrected chi connectivity index (χ4v) is 15.2. The molecular weight excluding hydrogens is 1340 g/mol. The smallest absolute Gasteiger partial charge is 0.248 e. The van der Waals surface area contributed by atoms with Crippen molar-refractivity contribution in [3.63, 3.8) is 0 Å². The van der Waals surface area contributed by atoms with Crippen molar-refractivity contribution in [3.05, 3.63) is 0 Å². The summed E-state index contributed by atoms with van der Waals surface area (Å²) < 4.78 is 5.70. The minimum absolute atomic E-state index is 0.0269. The molecule has 0 aromatic rings. The monoisotopic (exact) mass is 1470 g/mol. The molecule has 2 aliphatic carbocycles. The quantitative estimate of drug-likeness (QED) is 0.0671. The number of hydrogen-bond donors (Lipinski definition) is 6. The topological polar surface area (TPSA) is 329 Å². The van der Waals surface area contributed by atoms with Crippen molar-refractivity contribution in [3.8, 4) is 0 Å². The van der Waals surface area contributed by atoms with Gasteiger partial charge < -0.3 is 75.4 Å². The maximum Gasteiger partial charge on any atom is 0.248 e. The van der Waals surface area contributed by atoms with Crippen molar-refractivity contribution in [2.24, 2.45) is 35.5 Å². The van der Waals surface area contributed by atoms with Crippen LogP contribution < -0.4 is 21.3 Å². The Kier molecular flexibility index (Phi) is 37.6. The molecule has 4 fully saturated rings. The van der Waals surface area contributed by atoms with E-state index < -0.39 is 164 Å². The number of carbonyl (C=O) groups is 12. The zero-order valence-corrected chi connectivity index (χ0v) is 66.1. The molecule has 2 saturated carbocycles. The molecule has 2 heterocycles. The summed E-state index contributed by atoms with van der Waals surface area (Å²) in [5.41, 5.74) is 0. The minimum atomic E-state index is -1.64. The van der Waals surface area contributed by atoms with Crippen LogP contribution in [0.2, 0.25) is 0 Å². The fraction of sp³-hybridized carbons (Fsp3) is 0.840. The van der Waals surface area contributed by atoms with E-state index in [0.29, 0.717) is 51.6 Å². The van der Waals surface area contributed by atoms with E-state index in [1.54, 1.807) is 11.8 Å². The lowest BCUT2D eigenvalue weighted by molar-refractivity contribution is -0.152. The molecule has 13 atom stereocenters. The van der Waals surface area contributed by atoms with Crippen LogP contribution in [0.5, 0.6) is 0 Å². The predicted octanol–water partition coefficient (Wildman–Crippen LogP) is 4.68. The van der Waals surface area contributed by atoms with E-state index in [1.165, 1.54) is 85.5 Å². The maximum absolute atomic E-state index is 15.6. The number of halogens is 1. The van der Waals surface area contributed by atoms with Crippen molar-refractivity contribution >= 4 is 82.5 Å². The lowest BCUT2D eigenvalue weighted by Crippen LogP contribution is -2.62. The number of nitrogens with zero attached hydrogens (tertiary/aromatic N) is 8. The molecule has 2 unspecified atom stereocenters. The number of piperidine rings is 1. The van der Waals surface area contributed by atoms with Gasteiger partial charge in [0, 0.05) is 67.3 Å². The van der Waals surface area contributed by atoms with E-state index in [-0.39, 0.29) is 92.6 Å². The molecule has 12 amide bonds. The van der Waals surface area contributed by atoms with Crippen LogP contribution in [0.25, 0.3) is 0 Å². The van der Waals surface area contributed by atoms with E-state index in [9.17, 15) is 39.0 Å². The molecule has 588 valence electrons. The van der Waals surface area contributed by atoms with Crippen molar-refractivity contribution in [2.45, 2.75) is 283 Å². The summed E-state index contributed by atoms with van der Waals surface area (Å²) in [5, 5.41) is 32.4. The summed E-state index contributed by atoms with van der Waals surface area (Å²) in [6, 6.07) is -13.4. The highest BCUT2D eigenvalue weighted by Gasteiger charge is 2.45. The lowest BCUT2D eigenvalue weighted by Gasteiger charge is -2.39. The van der Waals surface area contributed by atoms with Crippen LogP contribution in [0.1, 0.15) is 211 Å². The Morgan fingerprint density at radius 2 is 1.02 bits per heavy atom. The van der Waals surface area contributed by atoms with Crippen LogP contribution >= 0.6 is 11.6 Å². The Labute approximate surface area is 619 Å². The number of ether oxygens (including phenoxy) is 1. The SMILES string of the molecule is CCCN1CC(=O)N(C)[C@@H](CC(C)C)C(=O)N[C@H](C(=O)N2CCCCC2)CC(=O)N(C)[C@@H](C)C(=O)N[C@@H](COCCO)C(=O)N(C)[C@@H](CC(C)C)C(=O)N(C)[C@@H](CC2CCCC(Cl)C2)C(=O)N[C@@H](CC(C)C)C(=O)N(C)[C@@H](CCC2CCCCC2)C(=O)N(C)[C@@H](CC(C)C)C(=O)N[C@@H]([C@@H](C)O)C1=O. The van der Waals surface area contributed by atoms with Crippen LogP contribution in [0, 0.1) is 35.5 Å². The molecule has 6 N–H and O–H groups in total. The molecule has 0 bridgehead atoms. The highest BCUT2D eigenvalue weighted by atomic mass is 35.5. The normalized spacial score (nSPS) is 28.2. The van der Waals surface area contributed by atoms with Gasteiger partial charge in [0.2, 0.25) is 70.9 Å². The van der Waals surface area contributed by atoms with Crippen molar-refractivity contribution in [2.75, 3.05) is 88.3 Å². The number of hydrogen-bond acceptors (Lipinski definition) is 15. The van der Waals surface area contributed by atoms with Gasteiger partial charge in [0.25, 0.3) is 0 Å². The number of nitrogens with one attached hydrogen (secondary N) is 4. The van der Waals surface area contributed by atoms with Crippen LogP contribution in [0.4, 0.5) is 0 Å². The Balaban J connectivity index is 1.99. The van der Waals surface area contributed by atoms with E-state index in [4.69, 9.17) is 16.3 Å². The third-order valence-corrected chi connectivity index (χ3v) is 21.6. The summed E-state index contributed by atoms with van der Waals surface area (Å²) in [4.78, 5) is 191. The molecule has 2 saturated heterocycles. The average Bonchev–Trinajstić information content (AvgIpc) is 0.817. The van der Waals surface area contributed by atoms with E-state index >= 15 is 28.8 Å². The number of amides is 12. The summed E-state index contributed by atoms with van der Waals surface area (Å²) in [5.74, 6) is -9.22. The number of rotatable bonds is 21. The number of aliphatic hydroxyl groups is 2. The van der Waals surface area contributed by atoms with Gasteiger partial charge >= 0.3 is 0 Å². The van der Waals surface area contributed by atoms with Crippen molar-refractivity contribution < 1.29 is 72.5 Å². The second kappa shape index (κ2) is 43.4. The Bertz CT molecular complexity index is 2800. The first-order chi connectivity index (χ1) is 48.4. The Morgan fingerprint density at radius 3 is 1.58 bits per heavy atom. The standard InChI is InChI=1S/C75H131ClN12O15/c1-18-32-88-44-64(92)82(13)59(38-47(4)5)67(94)78-56(72(99)87-33-23-20-24-34-87)43-63(91)81(12)50(10)66(93)79-57(45-103-36-35-89)71(98)86(17)62(40-49(8)9)74(101)85(16)61(42-53-28-25-29-54(76)41-53)68(95)77-55(37-46(2)3)70(97)83(14)58(31-30-52-26-21-19-22-27-52)73(100)84(15)60(39-48(6)7)69(96)80-65(51(11)90)75(88)102/h46-62,65,89-90H,18-45H2,1-17H3,(H,77,95)(H,78,94)(H,79,93)(H,80,96)/t50-,51+,53?,54?,55-,56-,57-,58-,59-,60-,61-,62-,65-/m0/s1. The maximum atomic E-state index is 15.6. The molecule has 0 aromatic carbocycles. The third-order valence-electron chi connectivity index (χ3n) is 21.2. The minimum Gasteiger partial charge on any atom is -0.394 e. The molecule has 2 aliphatic heterocycles. The first-order valence-corrected chi connectivity index (χ1v) is 38.8. The molecule has 4 aliphatic rings. The highest BCUT2D eigenvalue weighted by molar-refractivity contribution is 6.20. The number of likely N-dealkylation sites (N-methyl/N-ethyl adjacent to an activating group) is 6. The number of likely N-dealkylation sites (tertiary alicyclic amines) is 1. The van der Waals surface area contributed by atoms with E-state index in [1.807, 2.05) is 55.4 Å². The van der Waals surface area contributed by atoms with Gasteiger partial charge in [-0.3, -0.25) is 57.5 Å². The molecule has 0 radical (unpaired) electrons. The number of carbonyl (C=O) groups excluding carboxylic acids is 12. The third kappa shape index (κ3) is 27.0. The van der Waals surface area contributed by atoms with Crippen LogP contribution in [0.15, 0.2) is 0 Å². The summed E-state index contributed by atoms with van der Waals surface area (Å²) >= 11 is 6.81. The van der Waals surface area contributed by atoms with Gasteiger partial charge in [-0.2, -0.15) is 0 Å². The van der Waals surface area contributed by atoms with Crippen molar-refractivity contribution in [1.82, 2.24) is 60.5 Å². The first kappa shape index (κ1) is 89.2. The predicted molar refractivity (Wildman–Crippen MR) is 394 cm³/mol. The zero-order valence-electron chi connectivity index (χ0n) is 65.3. The van der Waals surface area contributed by atoms with E-state index in [2.05, 4.69) is 21.3 Å². The fourth-order valence-electron chi connectivity index (χ4n) is 14.8. The largest absolute Gasteiger partial charge is 0.394 e. The molecule has 4 rings (SSSR count). The van der Waals surface area contributed by atoms with Crippen molar-refractivity contribution in [1.29, 1.82) is 0 Å². The molecule has 0 spiro atoms. The number of aliphatic hydroxyl groups excluding tert-OH is 2. The zero-order chi connectivity index (χ0) is 77.3. The molecule has 27 nitrogen and oxygen atoms in total. The average molecular weight is 1480 g/mol. The second-order valence-electron chi connectivity index (χ2n) is 31.6. The molecule has 0 aromatic heterocycles.